The van der Waals surface area contributed by atoms with Crippen molar-refractivity contribution in [2.75, 3.05) is 13.7 Å². The highest BCUT2D eigenvalue weighted by atomic mass is 16.5. The summed E-state index contributed by atoms with van der Waals surface area (Å²) in [4.78, 5) is 24.3. The molecule has 2 saturated carbocycles. The summed E-state index contributed by atoms with van der Waals surface area (Å²) >= 11 is 0. The Bertz CT molecular complexity index is 700. The summed E-state index contributed by atoms with van der Waals surface area (Å²) in [6.45, 7) is 8.70. The van der Waals surface area contributed by atoms with E-state index in [-0.39, 0.29) is 19.4 Å². The highest BCUT2D eigenvalue weighted by Crippen LogP contribution is 2.54. The minimum atomic E-state index is -1.33. The fraction of sp³-hybridized carbons (Fsp3) is 0.739. The van der Waals surface area contributed by atoms with Gasteiger partial charge in [0.1, 0.15) is 6.61 Å². The van der Waals surface area contributed by atoms with Gasteiger partial charge in [0.25, 0.3) is 0 Å². The lowest BCUT2D eigenvalue weighted by Crippen LogP contribution is -2.53. The van der Waals surface area contributed by atoms with Gasteiger partial charge in [0, 0.05) is 6.92 Å². The Morgan fingerprint density at radius 3 is 2.50 bits per heavy atom. The van der Waals surface area contributed by atoms with Crippen molar-refractivity contribution in [1.82, 2.24) is 0 Å². The van der Waals surface area contributed by atoms with Gasteiger partial charge in [0.2, 0.25) is 0 Å². The summed E-state index contributed by atoms with van der Waals surface area (Å²) in [6, 6.07) is 0. The van der Waals surface area contributed by atoms with Crippen molar-refractivity contribution in [3.8, 4) is 0 Å². The Hall–Kier alpha value is -1.70. The summed E-state index contributed by atoms with van der Waals surface area (Å²) in [6.07, 6.45) is 2.84. The standard InChI is InChI=1S/C23H36O7/c1-14(2)18(25)7-6-16(12-30-15(3)24)17-8-10-22(4)13-23(28,11-9-19(22)26)20(17)21(27)29-5/h6,17-20,25-26,28H,1,7-13H2,2-5H3/b16-6-/t17-,18?,19+,20+,22+,23-/m1/s1. The van der Waals surface area contributed by atoms with E-state index in [2.05, 4.69) is 6.58 Å². The number of hydrogen-bond donors (Lipinski definition) is 3. The van der Waals surface area contributed by atoms with Crippen LogP contribution in [0.3, 0.4) is 0 Å². The number of esters is 2. The molecule has 0 aromatic heterocycles. The Labute approximate surface area is 178 Å². The zero-order valence-corrected chi connectivity index (χ0v) is 18.5. The summed E-state index contributed by atoms with van der Waals surface area (Å²) in [5.74, 6) is -2.26. The van der Waals surface area contributed by atoms with Gasteiger partial charge in [0.15, 0.2) is 0 Å². The van der Waals surface area contributed by atoms with E-state index in [9.17, 15) is 24.9 Å². The second-order valence-electron chi connectivity index (χ2n) is 9.29. The van der Waals surface area contributed by atoms with Gasteiger partial charge in [-0.3, -0.25) is 9.59 Å². The number of rotatable bonds is 7. The van der Waals surface area contributed by atoms with Crippen molar-refractivity contribution in [1.29, 1.82) is 0 Å². The van der Waals surface area contributed by atoms with Crippen LogP contribution in [0.2, 0.25) is 0 Å². The lowest BCUT2D eigenvalue weighted by atomic mass is 9.63. The van der Waals surface area contributed by atoms with Crippen molar-refractivity contribution in [3.05, 3.63) is 23.8 Å². The summed E-state index contributed by atoms with van der Waals surface area (Å²) in [5.41, 5.74) is -0.573. The van der Waals surface area contributed by atoms with E-state index in [1.807, 2.05) is 6.92 Å². The van der Waals surface area contributed by atoms with Crippen LogP contribution >= 0.6 is 0 Å². The van der Waals surface area contributed by atoms with Gasteiger partial charge in [-0.1, -0.05) is 25.2 Å². The molecule has 2 aliphatic carbocycles. The molecule has 2 fully saturated rings. The monoisotopic (exact) mass is 424 g/mol. The van der Waals surface area contributed by atoms with Crippen LogP contribution in [0.4, 0.5) is 0 Å². The predicted molar refractivity (Wildman–Crippen MR) is 111 cm³/mol. The number of fused-ring (bicyclic) bond motifs is 2. The summed E-state index contributed by atoms with van der Waals surface area (Å²) in [5, 5.41) is 32.3. The van der Waals surface area contributed by atoms with Crippen molar-refractivity contribution < 1.29 is 34.4 Å². The minimum Gasteiger partial charge on any atom is -0.469 e. The predicted octanol–water partition coefficient (Wildman–Crippen LogP) is 2.28. The van der Waals surface area contributed by atoms with Gasteiger partial charge in [-0.25, -0.2) is 0 Å². The van der Waals surface area contributed by atoms with Crippen molar-refractivity contribution in [2.24, 2.45) is 17.3 Å². The molecule has 0 spiro atoms. The Morgan fingerprint density at radius 1 is 1.27 bits per heavy atom. The molecule has 0 aromatic rings. The average Bonchev–Trinajstić information content (AvgIpc) is 2.77. The van der Waals surface area contributed by atoms with Gasteiger partial charge < -0.3 is 24.8 Å². The molecule has 0 radical (unpaired) electrons. The molecule has 7 heteroatoms. The van der Waals surface area contributed by atoms with Gasteiger partial charge in [0.05, 0.1) is 30.8 Å². The second kappa shape index (κ2) is 9.62. The zero-order chi connectivity index (χ0) is 22.7. The zero-order valence-electron chi connectivity index (χ0n) is 18.5. The Kier molecular flexibility index (Phi) is 7.88. The molecule has 0 saturated heterocycles. The Morgan fingerprint density at radius 2 is 1.93 bits per heavy atom. The molecule has 1 unspecified atom stereocenters. The quantitative estimate of drug-likeness (QED) is 0.424. The molecule has 6 atom stereocenters. The number of hydrogen-bond acceptors (Lipinski definition) is 7. The first kappa shape index (κ1) is 24.6. The highest BCUT2D eigenvalue weighted by molar-refractivity contribution is 5.75. The average molecular weight is 425 g/mol. The van der Waals surface area contributed by atoms with Crippen LogP contribution in [0, 0.1) is 17.3 Å². The molecule has 0 aliphatic heterocycles. The normalized spacial score (nSPS) is 35.2. The summed E-state index contributed by atoms with van der Waals surface area (Å²) in [7, 11) is 1.30. The van der Waals surface area contributed by atoms with E-state index in [4.69, 9.17) is 9.47 Å². The second-order valence-corrected chi connectivity index (χ2v) is 9.29. The van der Waals surface area contributed by atoms with E-state index in [1.54, 1.807) is 13.0 Å². The maximum atomic E-state index is 12.9. The molecule has 0 aromatic carbocycles. The maximum Gasteiger partial charge on any atom is 0.312 e. The van der Waals surface area contributed by atoms with Crippen LogP contribution in [-0.2, 0) is 19.1 Å². The van der Waals surface area contributed by atoms with Crippen LogP contribution in [0.5, 0.6) is 0 Å². The van der Waals surface area contributed by atoms with Gasteiger partial charge in [-0.05, 0) is 62.4 Å². The lowest BCUT2D eigenvalue weighted by Gasteiger charge is -2.47. The molecule has 30 heavy (non-hydrogen) atoms. The SMILES string of the molecule is C=C(C)C(O)C/C=C(/COC(C)=O)[C@H]1CC[C@@]2(C)C[C@](O)(CC[C@@H]2O)[C@@H]1C(=O)OC. The molecule has 0 amide bonds. The van der Waals surface area contributed by atoms with Crippen LogP contribution in [0.25, 0.3) is 0 Å². The Balaban J connectivity index is 2.48. The van der Waals surface area contributed by atoms with Crippen molar-refractivity contribution in [3.63, 3.8) is 0 Å². The molecule has 7 nitrogen and oxygen atoms in total. The number of aliphatic hydroxyl groups excluding tert-OH is 2. The van der Waals surface area contributed by atoms with Crippen molar-refractivity contribution >= 4 is 11.9 Å². The number of ether oxygens (including phenoxy) is 2. The largest absolute Gasteiger partial charge is 0.469 e. The molecular formula is C23H36O7. The number of aliphatic hydroxyl groups is 3. The highest BCUT2D eigenvalue weighted by Gasteiger charge is 2.57. The topological polar surface area (TPSA) is 113 Å². The van der Waals surface area contributed by atoms with Gasteiger partial charge in [-0.2, -0.15) is 0 Å². The summed E-state index contributed by atoms with van der Waals surface area (Å²) < 4.78 is 10.3. The first-order chi connectivity index (χ1) is 13.9. The third-order valence-corrected chi connectivity index (χ3v) is 6.92. The number of carbonyl (C=O) groups is 2. The first-order valence-corrected chi connectivity index (χ1v) is 10.6. The van der Waals surface area contributed by atoms with Crippen molar-refractivity contribution in [2.45, 2.75) is 77.1 Å². The number of carbonyl (C=O) groups excluding carboxylic acids is 2. The van der Waals surface area contributed by atoms with Gasteiger partial charge >= 0.3 is 11.9 Å². The maximum absolute atomic E-state index is 12.9. The van der Waals surface area contributed by atoms with E-state index >= 15 is 0 Å². The van der Waals surface area contributed by atoms with E-state index in [1.165, 1.54) is 14.0 Å². The van der Waals surface area contributed by atoms with Gasteiger partial charge in [-0.15, -0.1) is 0 Å². The molecule has 170 valence electrons. The minimum absolute atomic E-state index is 0.0360. The molecule has 2 aliphatic rings. The van der Waals surface area contributed by atoms with E-state index < -0.39 is 47.0 Å². The molecular weight excluding hydrogens is 388 g/mol. The molecule has 2 rings (SSSR count). The fourth-order valence-corrected chi connectivity index (χ4v) is 5.06. The molecule has 3 N–H and O–H groups in total. The number of methoxy groups -OCH3 is 1. The molecule has 2 bridgehead atoms. The third-order valence-electron chi connectivity index (χ3n) is 6.92. The van der Waals surface area contributed by atoms with Crippen LogP contribution in [0.15, 0.2) is 23.8 Å². The molecule has 0 heterocycles. The van der Waals surface area contributed by atoms with Crippen LogP contribution in [0.1, 0.15) is 59.3 Å². The lowest BCUT2D eigenvalue weighted by molar-refractivity contribution is -0.170. The smallest absolute Gasteiger partial charge is 0.312 e. The van der Waals surface area contributed by atoms with E-state index in [0.29, 0.717) is 36.8 Å². The fourth-order valence-electron chi connectivity index (χ4n) is 5.06. The van der Waals surface area contributed by atoms with Crippen LogP contribution in [-0.4, -0.2) is 58.8 Å². The first-order valence-electron chi connectivity index (χ1n) is 10.6. The third kappa shape index (κ3) is 5.31. The van der Waals surface area contributed by atoms with E-state index in [0.717, 1.165) is 0 Å². The van der Waals surface area contributed by atoms with Crippen LogP contribution < -0.4 is 0 Å².